The van der Waals surface area contributed by atoms with Crippen molar-refractivity contribution in [2.24, 2.45) is 0 Å². The molecular formula is C9H18N2O2. The summed E-state index contributed by atoms with van der Waals surface area (Å²) in [6.45, 7) is 2.28. The third kappa shape index (κ3) is 3.32. The first-order valence-corrected chi connectivity index (χ1v) is 4.70. The molecule has 0 saturated carbocycles. The van der Waals surface area contributed by atoms with E-state index in [0.29, 0.717) is 6.04 Å². The predicted octanol–water partition coefficient (Wildman–Crippen LogP) is 0.0970. The van der Waals surface area contributed by atoms with Crippen LogP contribution in [0, 0.1) is 0 Å². The van der Waals surface area contributed by atoms with Gasteiger partial charge in [-0.1, -0.05) is 0 Å². The number of carboxylic acid groups (broad SMARTS) is 1. The minimum atomic E-state index is -0.740. The van der Waals surface area contributed by atoms with Gasteiger partial charge in [0.1, 0.15) is 0 Å². The van der Waals surface area contributed by atoms with Crippen molar-refractivity contribution in [3.05, 3.63) is 0 Å². The Kier molecular flexibility index (Phi) is 3.69. The highest BCUT2D eigenvalue weighted by molar-refractivity contribution is 5.69. The number of piperidine rings is 1. The van der Waals surface area contributed by atoms with E-state index in [4.69, 9.17) is 5.11 Å². The van der Waals surface area contributed by atoms with Gasteiger partial charge in [-0.15, -0.1) is 0 Å². The topological polar surface area (TPSA) is 43.8 Å². The van der Waals surface area contributed by atoms with E-state index >= 15 is 0 Å². The number of rotatable bonds is 3. The minimum Gasteiger partial charge on any atom is -0.480 e. The second-order valence-corrected chi connectivity index (χ2v) is 3.87. The lowest BCUT2D eigenvalue weighted by Gasteiger charge is -2.35. The maximum absolute atomic E-state index is 10.5. The molecule has 0 aromatic carbocycles. The van der Waals surface area contributed by atoms with Gasteiger partial charge in [0.05, 0.1) is 6.54 Å². The maximum Gasteiger partial charge on any atom is 0.317 e. The second kappa shape index (κ2) is 4.58. The molecule has 1 rings (SSSR count). The van der Waals surface area contributed by atoms with Crippen molar-refractivity contribution in [2.75, 3.05) is 33.7 Å². The van der Waals surface area contributed by atoms with Crippen LogP contribution in [0.1, 0.15) is 12.8 Å². The summed E-state index contributed by atoms with van der Waals surface area (Å²) < 4.78 is 0. The number of hydrogen-bond donors (Lipinski definition) is 1. The Labute approximate surface area is 79.1 Å². The normalized spacial score (nSPS) is 25.0. The van der Waals surface area contributed by atoms with Crippen molar-refractivity contribution < 1.29 is 9.90 Å². The van der Waals surface area contributed by atoms with Gasteiger partial charge in [0, 0.05) is 12.6 Å². The molecule has 1 N–H and O–H groups in total. The standard InChI is InChI=1S/C9H18N2O2/c1-10-5-3-4-8(6-10)11(2)7-9(12)13/h8H,3-7H2,1-2H3,(H,12,13). The number of likely N-dealkylation sites (N-methyl/N-ethyl adjacent to an activating group) is 2. The third-order valence-corrected chi connectivity index (χ3v) is 2.61. The van der Waals surface area contributed by atoms with E-state index in [1.54, 1.807) is 0 Å². The van der Waals surface area contributed by atoms with Crippen molar-refractivity contribution in [3.63, 3.8) is 0 Å². The van der Waals surface area contributed by atoms with Gasteiger partial charge in [-0.2, -0.15) is 0 Å². The number of likely N-dealkylation sites (tertiary alicyclic amines) is 1. The van der Waals surface area contributed by atoms with Gasteiger partial charge in [0.2, 0.25) is 0 Å². The van der Waals surface area contributed by atoms with Crippen LogP contribution in [0.5, 0.6) is 0 Å². The van der Waals surface area contributed by atoms with E-state index in [-0.39, 0.29) is 6.54 Å². The summed E-state index contributed by atoms with van der Waals surface area (Å²) in [6.07, 6.45) is 2.29. The Morgan fingerprint density at radius 1 is 1.69 bits per heavy atom. The Morgan fingerprint density at radius 3 is 2.92 bits per heavy atom. The van der Waals surface area contributed by atoms with Crippen LogP contribution in [0.3, 0.4) is 0 Å². The van der Waals surface area contributed by atoms with Gasteiger partial charge < -0.3 is 10.0 Å². The molecule has 1 fully saturated rings. The summed E-state index contributed by atoms with van der Waals surface area (Å²) in [5.74, 6) is -0.740. The first-order chi connectivity index (χ1) is 6.09. The van der Waals surface area contributed by atoms with Crippen LogP contribution in [0.4, 0.5) is 0 Å². The quantitative estimate of drug-likeness (QED) is 0.679. The zero-order chi connectivity index (χ0) is 9.84. The number of carboxylic acids is 1. The monoisotopic (exact) mass is 186 g/mol. The average molecular weight is 186 g/mol. The Hall–Kier alpha value is -0.610. The summed E-state index contributed by atoms with van der Waals surface area (Å²) in [7, 11) is 3.97. The van der Waals surface area contributed by atoms with E-state index in [2.05, 4.69) is 11.9 Å². The molecule has 0 aromatic rings. The SMILES string of the molecule is CN1CCCC(N(C)CC(=O)O)C1. The van der Waals surface area contributed by atoms with Gasteiger partial charge in [-0.3, -0.25) is 9.69 Å². The third-order valence-electron chi connectivity index (χ3n) is 2.61. The van der Waals surface area contributed by atoms with Crippen molar-refractivity contribution >= 4 is 5.97 Å². The number of aliphatic carboxylic acids is 1. The van der Waals surface area contributed by atoms with E-state index in [1.165, 1.54) is 6.42 Å². The van der Waals surface area contributed by atoms with Gasteiger partial charge in [0.25, 0.3) is 0 Å². The summed E-state index contributed by atoms with van der Waals surface area (Å²) >= 11 is 0. The largest absolute Gasteiger partial charge is 0.480 e. The lowest BCUT2D eigenvalue weighted by Crippen LogP contribution is -2.46. The van der Waals surface area contributed by atoms with Crippen LogP contribution in [-0.2, 0) is 4.79 Å². The molecule has 0 aliphatic carbocycles. The lowest BCUT2D eigenvalue weighted by atomic mass is 10.1. The van der Waals surface area contributed by atoms with E-state index in [9.17, 15) is 4.79 Å². The Balaban J connectivity index is 2.36. The minimum absolute atomic E-state index is 0.151. The Bertz CT molecular complexity index is 184. The Morgan fingerprint density at radius 2 is 2.38 bits per heavy atom. The molecule has 4 nitrogen and oxygen atoms in total. The van der Waals surface area contributed by atoms with Crippen molar-refractivity contribution in [1.29, 1.82) is 0 Å². The highest BCUT2D eigenvalue weighted by atomic mass is 16.4. The van der Waals surface area contributed by atoms with Gasteiger partial charge >= 0.3 is 5.97 Å². The van der Waals surface area contributed by atoms with Crippen molar-refractivity contribution in [2.45, 2.75) is 18.9 Å². The summed E-state index contributed by atoms with van der Waals surface area (Å²) in [5, 5.41) is 8.63. The van der Waals surface area contributed by atoms with Gasteiger partial charge in [-0.05, 0) is 33.5 Å². The highest BCUT2D eigenvalue weighted by Crippen LogP contribution is 2.12. The molecule has 0 amide bonds. The van der Waals surface area contributed by atoms with Crippen LogP contribution < -0.4 is 0 Å². The first-order valence-electron chi connectivity index (χ1n) is 4.70. The average Bonchev–Trinajstić information content (AvgIpc) is 2.03. The predicted molar refractivity (Wildman–Crippen MR) is 50.8 cm³/mol. The zero-order valence-corrected chi connectivity index (χ0v) is 8.36. The van der Waals surface area contributed by atoms with Crippen LogP contribution in [0.2, 0.25) is 0 Å². The van der Waals surface area contributed by atoms with Crippen molar-refractivity contribution in [1.82, 2.24) is 9.80 Å². The van der Waals surface area contributed by atoms with Gasteiger partial charge in [0.15, 0.2) is 0 Å². The molecule has 4 heteroatoms. The summed E-state index contributed by atoms with van der Waals surface area (Å²) in [5.41, 5.74) is 0. The number of hydrogen-bond acceptors (Lipinski definition) is 3. The summed E-state index contributed by atoms with van der Waals surface area (Å²) in [4.78, 5) is 14.7. The molecule has 0 radical (unpaired) electrons. The highest BCUT2D eigenvalue weighted by Gasteiger charge is 2.21. The fraction of sp³-hybridized carbons (Fsp3) is 0.889. The summed E-state index contributed by atoms with van der Waals surface area (Å²) in [6, 6.07) is 0.412. The van der Waals surface area contributed by atoms with Crippen LogP contribution in [0.15, 0.2) is 0 Å². The molecule has 76 valence electrons. The molecule has 0 spiro atoms. The van der Waals surface area contributed by atoms with Crippen LogP contribution >= 0.6 is 0 Å². The maximum atomic E-state index is 10.5. The van der Waals surface area contributed by atoms with Gasteiger partial charge in [-0.25, -0.2) is 0 Å². The number of carbonyl (C=O) groups is 1. The van der Waals surface area contributed by atoms with Crippen LogP contribution in [-0.4, -0.2) is 60.6 Å². The van der Waals surface area contributed by atoms with Crippen LogP contribution in [0.25, 0.3) is 0 Å². The van der Waals surface area contributed by atoms with E-state index < -0.39 is 5.97 Å². The smallest absolute Gasteiger partial charge is 0.317 e. The fourth-order valence-electron chi connectivity index (χ4n) is 1.84. The molecule has 1 aliphatic heterocycles. The molecule has 1 heterocycles. The molecular weight excluding hydrogens is 168 g/mol. The van der Waals surface area contributed by atoms with E-state index in [1.807, 2.05) is 11.9 Å². The lowest BCUT2D eigenvalue weighted by molar-refractivity contribution is -0.138. The molecule has 1 saturated heterocycles. The first kappa shape index (κ1) is 10.5. The zero-order valence-electron chi connectivity index (χ0n) is 8.36. The van der Waals surface area contributed by atoms with E-state index in [0.717, 1.165) is 19.5 Å². The molecule has 1 atom stereocenters. The number of nitrogens with zero attached hydrogens (tertiary/aromatic N) is 2. The molecule has 1 aliphatic rings. The molecule has 0 bridgehead atoms. The molecule has 1 unspecified atom stereocenters. The van der Waals surface area contributed by atoms with Crippen molar-refractivity contribution in [3.8, 4) is 0 Å². The molecule has 13 heavy (non-hydrogen) atoms. The second-order valence-electron chi connectivity index (χ2n) is 3.87. The molecule has 0 aromatic heterocycles. The fourth-order valence-corrected chi connectivity index (χ4v) is 1.84.